The van der Waals surface area contributed by atoms with E-state index in [-0.39, 0.29) is 10.9 Å². The lowest BCUT2D eigenvalue weighted by molar-refractivity contribution is -0.124. The lowest BCUT2D eigenvalue weighted by Gasteiger charge is -2.27. The largest absolute Gasteiger partial charge is 0.283 e. The molecule has 1 heterocycles. The molecule has 0 aromatic carbocycles. The molecule has 1 aromatic heterocycles. The summed E-state index contributed by atoms with van der Waals surface area (Å²) in [5, 5.41) is -0.222. The van der Waals surface area contributed by atoms with Gasteiger partial charge in [-0.1, -0.05) is 26.2 Å². The summed E-state index contributed by atoms with van der Waals surface area (Å²) in [6, 6.07) is 0. The van der Waals surface area contributed by atoms with Gasteiger partial charge in [-0.05, 0) is 31.6 Å². The Morgan fingerprint density at radius 1 is 1.27 bits per heavy atom. The van der Waals surface area contributed by atoms with Crippen LogP contribution in [-0.2, 0) is 14.8 Å². The zero-order valence-electron chi connectivity index (χ0n) is 12.9. The van der Waals surface area contributed by atoms with E-state index in [1.807, 2.05) is 0 Å². The molecule has 1 saturated carbocycles. The summed E-state index contributed by atoms with van der Waals surface area (Å²) in [6.07, 6.45) is 11.0. The molecule has 2 rings (SSSR count). The molecule has 6 nitrogen and oxygen atoms in total. The summed E-state index contributed by atoms with van der Waals surface area (Å²) in [7, 11) is -3.91. The molecule has 7 heteroatoms. The van der Waals surface area contributed by atoms with Crippen molar-refractivity contribution < 1.29 is 13.2 Å². The van der Waals surface area contributed by atoms with E-state index in [0.29, 0.717) is 5.92 Å². The Labute approximate surface area is 131 Å². The highest BCUT2D eigenvalue weighted by Crippen LogP contribution is 2.32. The van der Waals surface area contributed by atoms with Gasteiger partial charge in [0, 0.05) is 18.3 Å². The first-order chi connectivity index (χ1) is 10.5. The number of carbonyl (C=O) groups excluding carboxylic acids is 1. The second kappa shape index (κ2) is 7.67. The van der Waals surface area contributed by atoms with Crippen LogP contribution in [0.15, 0.2) is 23.6 Å². The quantitative estimate of drug-likeness (QED) is 0.866. The van der Waals surface area contributed by atoms with E-state index in [9.17, 15) is 13.2 Å². The molecule has 1 amide bonds. The van der Waals surface area contributed by atoms with Crippen molar-refractivity contribution in [2.45, 2.75) is 56.9 Å². The first-order valence-corrected chi connectivity index (χ1v) is 9.34. The summed E-state index contributed by atoms with van der Waals surface area (Å²) >= 11 is 0. The normalized spacial score (nSPS) is 22.2. The predicted molar refractivity (Wildman–Crippen MR) is 82.3 cm³/mol. The first kappa shape index (κ1) is 16.9. The van der Waals surface area contributed by atoms with Gasteiger partial charge < -0.3 is 0 Å². The molecule has 0 atom stereocenters. The minimum absolute atomic E-state index is 0.218. The van der Waals surface area contributed by atoms with Gasteiger partial charge in [-0.25, -0.2) is 9.71 Å². The third-order valence-electron chi connectivity index (χ3n) is 4.23. The Kier molecular flexibility index (Phi) is 5.88. The summed E-state index contributed by atoms with van der Waals surface area (Å²) in [5.41, 5.74) is 0. The van der Waals surface area contributed by atoms with Crippen LogP contribution < -0.4 is 4.72 Å². The zero-order valence-corrected chi connectivity index (χ0v) is 13.7. The molecule has 0 spiro atoms. The molecule has 1 aliphatic carbocycles. The van der Waals surface area contributed by atoms with Gasteiger partial charge in [-0.15, -0.1) is 0 Å². The highest BCUT2D eigenvalue weighted by Gasteiger charge is 2.29. The molecule has 1 aromatic rings. The van der Waals surface area contributed by atoms with Gasteiger partial charge in [0.25, 0.3) is 10.0 Å². The van der Waals surface area contributed by atoms with Gasteiger partial charge in [0.05, 0.1) is 6.20 Å². The van der Waals surface area contributed by atoms with Crippen LogP contribution in [0, 0.1) is 11.8 Å². The van der Waals surface area contributed by atoms with Crippen LogP contribution in [0.25, 0.3) is 0 Å². The highest BCUT2D eigenvalue weighted by atomic mass is 32.2. The van der Waals surface area contributed by atoms with Crippen LogP contribution in [0.5, 0.6) is 0 Å². The fourth-order valence-electron chi connectivity index (χ4n) is 2.90. The average molecular weight is 325 g/mol. The summed E-state index contributed by atoms with van der Waals surface area (Å²) in [6.45, 7) is 2.18. The fraction of sp³-hybridized carbons (Fsp3) is 0.667. The van der Waals surface area contributed by atoms with E-state index in [1.165, 1.54) is 31.7 Å². The van der Waals surface area contributed by atoms with Crippen LogP contribution in [-0.4, -0.2) is 24.3 Å². The van der Waals surface area contributed by atoms with Gasteiger partial charge in [-0.3, -0.25) is 9.78 Å². The van der Waals surface area contributed by atoms with Crippen LogP contribution in [0.4, 0.5) is 0 Å². The van der Waals surface area contributed by atoms with Gasteiger partial charge in [0.2, 0.25) is 5.91 Å². The molecule has 122 valence electrons. The topological polar surface area (TPSA) is 89.0 Å². The second-order valence-corrected chi connectivity index (χ2v) is 7.50. The van der Waals surface area contributed by atoms with Crippen molar-refractivity contribution in [1.82, 2.24) is 14.7 Å². The van der Waals surface area contributed by atoms with E-state index >= 15 is 0 Å². The predicted octanol–water partition coefficient (Wildman–Crippen LogP) is 2.28. The standard InChI is InChI=1S/C15H23N3O3S/c1-2-3-4-12-5-7-13(8-6-12)15(19)18-22(20,21)14-11-16-9-10-17-14/h9-13H,2-8H2,1H3,(H,18,19). The Bertz CT molecular complexity index is 581. The second-order valence-electron chi connectivity index (χ2n) is 5.87. The lowest BCUT2D eigenvalue weighted by atomic mass is 9.79. The van der Waals surface area contributed by atoms with Crippen LogP contribution in [0.2, 0.25) is 0 Å². The minimum Gasteiger partial charge on any atom is -0.274 e. The molecular formula is C15H23N3O3S. The Hall–Kier alpha value is -1.50. The van der Waals surface area contributed by atoms with Crippen molar-refractivity contribution in [2.75, 3.05) is 0 Å². The number of nitrogens with zero attached hydrogens (tertiary/aromatic N) is 2. The van der Waals surface area contributed by atoms with E-state index in [0.717, 1.165) is 31.9 Å². The van der Waals surface area contributed by atoms with Crippen molar-refractivity contribution in [3.8, 4) is 0 Å². The van der Waals surface area contributed by atoms with Gasteiger partial charge in [0.15, 0.2) is 5.03 Å². The third kappa shape index (κ3) is 4.50. The molecule has 1 N–H and O–H groups in total. The molecular weight excluding hydrogens is 302 g/mol. The van der Waals surface area contributed by atoms with Gasteiger partial charge in [0.1, 0.15) is 0 Å². The Morgan fingerprint density at radius 2 is 2.00 bits per heavy atom. The van der Waals surface area contributed by atoms with Crippen molar-refractivity contribution in [3.05, 3.63) is 18.6 Å². The molecule has 1 aliphatic rings. The molecule has 0 aliphatic heterocycles. The zero-order chi connectivity index (χ0) is 16.0. The molecule has 0 saturated heterocycles. The number of rotatable bonds is 6. The Balaban J connectivity index is 1.88. The molecule has 0 bridgehead atoms. The highest BCUT2D eigenvalue weighted by molar-refractivity contribution is 7.90. The van der Waals surface area contributed by atoms with Crippen LogP contribution in [0.3, 0.4) is 0 Å². The van der Waals surface area contributed by atoms with Crippen molar-refractivity contribution in [1.29, 1.82) is 0 Å². The van der Waals surface area contributed by atoms with Crippen LogP contribution >= 0.6 is 0 Å². The SMILES string of the molecule is CCCCC1CCC(C(=O)NS(=O)(=O)c2cnccn2)CC1. The smallest absolute Gasteiger partial charge is 0.274 e. The fourth-order valence-corrected chi connectivity index (χ4v) is 3.83. The number of aromatic nitrogens is 2. The average Bonchev–Trinajstić information content (AvgIpc) is 2.54. The maximum atomic E-state index is 12.2. The number of sulfonamides is 1. The first-order valence-electron chi connectivity index (χ1n) is 7.85. The Morgan fingerprint density at radius 3 is 2.59 bits per heavy atom. The van der Waals surface area contributed by atoms with E-state index in [1.54, 1.807) is 0 Å². The van der Waals surface area contributed by atoms with E-state index < -0.39 is 15.9 Å². The number of hydrogen-bond donors (Lipinski definition) is 1. The summed E-state index contributed by atoms with van der Waals surface area (Å²) < 4.78 is 26.2. The maximum Gasteiger partial charge on any atom is 0.283 e. The monoisotopic (exact) mass is 325 g/mol. The molecule has 22 heavy (non-hydrogen) atoms. The number of amides is 1. The maximum absolute atomic E-state index is 12.2. The van der Waals surface area contributed by atoms with Crippen molar-refractivity contribution in [3.63, 3.8) is 0 Å². The third-order valence-corrected chi connectivity index (χ3v) is 5.46. The number of nitrogens with one attached hydrogen (secondary N) is 1. The number of hydrogen-bond acceptors (Lipinski definition) is 5. The number of carbonyl (C=O) groups is 1. The minimum atomic E-state index is -3.91. The summed E-state index contributed by atoms with van der Waals surface area (Å²) in [5.74, 6) is 0.0458. The van der Waals surface area contributed by atoms with Crippen LogP contribution in [0.1, 0.15) is 51.9 Å². The summed E-state index contributed by atoms with van der Waals surface area (Å²) in [4.78, 5) is 19.6. The number of unbranched alkanes of at least 4 members (excludes halogenated alkanes) is 1. The molecule has 0 unspecified atom stereocenters. The van der Waals surface area contributed by atoms with Gasteiger partial charge in [-0.2, -0.15) is 8.42 Å². The van der Waals surface area contributed by atoms with E-state index in [2.05, 4.69) is 21.6 Å². The molecule has 1 fully saturated rings. The molecule has 0 radical (unpaired) electrons. The lowest BCUT2D eigenvalue weighted by Crippen LogP contribution is -2.37. The van der Waals surface area contributed by atoms with Crippen molar-refractivity contribution in [2.24, 2.45) is 11.8 Å². The van der Waals surface area contributed by atoms with Crippen molar-refractivity contribution >= 4 is 15.9 Å². The van der Waals surface area contributed by atoms with E-state index in [4.69, 9.17) is 0 Å². The van der Waals surface area contributed by atoms with Gasteiger partial charge >= 0.3 is 0 Å².